The molecule has 2 rings (SSSR count). The molecule has 25 heavy (non-hydrogen) atoms. The van der Waals surface area contributed by atoms with Gasteiger partial charge in [0, 0.05) is 43.7 Å². The normalized spacial score (nSPS) is 10.2. The Morgan fingerprint density at radius 2 is 1.92 bits per heavy atom. The number of anilines is 3. The molecule has 0 spiro atoms. The second-order valence-electron chi connectivity index (χ2n) is 5.90. The topological polar surface area (TPSA) is 74.3 Å². The second-order valence-corrected chi connectivity index (χ2v) is 5.90. The fourth-order valence-corrected chi connectivity index (χ4v) is 2.37. The van der Waals surface area contributed by atoms with E-state index < -0.39 is 0 Å². The molecule has 1 aromatic heterocycles. The number of rotatable bonds is 7. The van der Waals surface area contributed by atoms with Gasteiger partial charge in [-0.1, -0.05) is 19.4 Å². The van der Waals surface area contributed by atoms with E-state index in [9.17, 15) is 9.59 Å². The van der Waals surface area contributed by atoms with Crippen molar-refractivity contribution in [2.24, 2.45) is 0 Å². The monoisotopic (exact) mass is 340 g/mol. The first-order chi connectivity index (χ1) is 12.0. The first-order valence-corrected chi connectivity index (χ1v) is 8.35. The molecule has 0 bridgehead atoms. The van der Waals surface area contributed by atoms with Crippen LogP contribution >= 0.6 is 0 Å². The molecule has 0 aliphatic heterocycles. The summed E-state index contributed by atoms with van der Waals surface area (Å²) in [7, 11) is 1.81. The quantitative estimate of drug-likeness (QED) is 0.807. The van der Waals surface area contributed by atoms with Crippen LogP contribution in [-0.2, 0) is 4.79 Å². The number of hydrogen-bond acceptors (Lipinski definition) is 4. The van der Waals surface area contributed by atoms with Crippen LogP contribution in [0.5, 0.6) is 0 Å². The molecule has 0 saturated carbocycles. The molecule has 1 heterocycles. The van der Waals surface area contributed by atoms with Crippen LogP contribution in [0.15, 0.2) is 42.6 Å². The highest BCUT2D eigenvalue weighted by atomic mass is 16.2. The summed E-state index contributed by atoms with van der Waals surface area (Å²) in [5.74, 6) is 0.429. The van der Waals surface area contributed by atoms with Gasteiger partial charge < -0.3 is 15.5 Å². The smallest absolute Gasteiger partial charge is 0.253 e. The molecule has 0 aliphatic carbocycles. The number of hydrogen-bond donors (Lipinski definition) is 2. The van der Waals surface area contributed by atoms with Crippen LogP contribution < -0.4 is 10.6 Å². The molecule has 132 valence electrons. The Bertz CT molecular complexity index is 746. The highest BCUT2D eigenvalue weighted by Gasteiger charge is 2.12. The van der Waals surface area contributed by atoms with Gasteiger partial charge in [0.15, 0.2) is 0 Å². The van der Waals surface area contributed by atoms with E-state index >= 15 is 0 Å². The highest BCUT2D eigenvalue weighted by molar-refractivity contribution is 5.95. The third-order valence-corrected chi connectivity index (χ3v) is 3.66. The van der Waals surface area contributed by atoms with E-state index in [0.29, 0.717) is 17.1 Å². The van der Waals surface area contributed by atoms with Crippen molar-refractivity contribution in [3.63, 3.8) is 0 Å². The van der Waals surface area contributed by atoms with E-state index in [4.69, 9.17) is 0 Å². The van der Waals surface area contributed by atoms with Crippen LogP contribution in [0.4, 0.5) is 17.2 Å². The van der Waals surface area contributed by atoms with E-state index in [-0.39, 0.29) is 11.8 Å². The van der Waals surface area contributed by atoms with Crippen LogP contribution in [-0.4, -0.2) is 35.3 Å². The van der Waals surface area contributed by atoms with E-state index in [1.807, 2.05) is 31.3 Å². The minimum Gasteiger partial charge on any atom is -0.342 e. The van der Waals surface area contributed by atoms with Gasteiger partial charge in [0.05, 0.1) is 0 Å². The Hall–Kier alpha value is -2.89. The highest BCUT2D eigenvalue weighted by Crippen LogP contribution is 2.20. The average Bonchev–Trinajstić information content (AvgIpc) is 2.59. The summed E-state index contributed by atoms with van der Waals surface area (Å²) in [6, 6.07) is 10.8. The first-order valence-electron chi connectivity index (χ1n) is 8.35. The van der Waals surface area contributed by atoms with Gasteiger partial charge in [-0.25, -0.2) is 4.98 Å². The summed E-state index contributed by atoms with van der Waals surface area (Å²) in [6.45, 7) is 4.30. The summed E-state index contributed by atoms with van der Waals surface area (Å²) in [5.41, 5.74) is 2.07. The number of aromatic nitrogens is 1. The lowest BCUT2D eigenvalue weighted by Crippen LogP contribution is -2.27. The molecule has 0 fully saturated rings. The number of nitrogens with zero attached hydrogens (tertiary/aromatic N) is 2. The Balaban J connectivity index is 2.11. The zero-order valence-corrected chi connectivity index (χ0v) is 14.9. The van der Waals surface area contributed by atoms with Crippen molar-refractivity contribution in [1.29, 1.82) is 0 Å². The third-order valence-electron chi connectivity index (χ3n) is 3.66. The maximum absolute atomic E-state index is 12.5. The van der Waals surface area contributed by atoms with Crippen LogP contribution in [0.3, 0.4) is 0 Å². The number of benzene rings is 1. The molecule has 2 amide bonds. The molecule has 1 aromatic carbocycles. The molecule has 2 N–H and O–H groups in total. The number of nitrogens with one attached hydrogen (secondary N) is 2. The molecule has 2 aromatic rings. The molecule has 0 unspecified atom stereocenters. The number of carbonyl (C=O) groups is 2. The van der Waals surface area contributed by atoms with Crippen molar-refractivity contribution >= 4 is 29.0 Å². The third kappa shape index (κ3) is 5.60. The summed E-state index contributed by atoms with van der Waals surface area (Å²) in [4.78, 5) is 29.6. The Morgan fingerprint density at radius 1 is 1.16 bits per heavy atom. The van der Waals surface area contributed by atoms with Crippen molar-refractivity contribution in [3.05, 3.63) is 48.2 Å². The molecule has 0 atom stereocenters. The van der Waals surface area contributed by atoms with Gasteiger partial charge in [-0.05, 0) is 36.8 Å². The minimum atomic E-state index is -0.127. The number of amides is 2. The predicted molar refractivity (Wildman–Crippen MR) is 100 cm³/mol. The molecule has 0 saturated heterocycles. The summed E-state index contributed by atoms with van der Waals surface area (Å²) >= 11 is 0. The number of pyridine rings is 1. The molecule has 0 aliphatic rings. The summed E-state index contributed by atoms with van der Waals surface area (Å²) < 4.78 is 0. The van der Waals surface area contributed by atoms with Crippen molar-refractivity contribution in [2.45, 2.75) is 26.7 Å². The predicted octanol–water partition coefficient (Wildman–Crippen LogP) is 3.66. The number of unbranched alkanes of at least 4 members (excludes halogenated alkanes) is 1. The molecular formula is C19H24N4O2. The van der Waals surface area contributed by atoms with Gasteiger partial charge >= 0.3 is 0 Å². The van der Waals surface area contributed by atoms with E-state index in [1.165, 1.54) is 6.92 Å². The standard InChI is InChI=1S/C19H24N4O2/c1-4-5-11-23(3)19(25)15-9-10-20-18(12-15)22-17-8-6-7-16(13-17)21-14(2)24/h6-10,12-13H,4-5,11H2,1-3H3,(H,20,22)(H,21,24). The van der Waals surface area contributed by atoms with Crippen molar-refractivity contribution in [1.82, 2.24) is 9.88 Å². The lowest BCUT2D eigenvalue weighted by molar-refractivity contribution is -0.114. The molecule has 6 nitrogen and oxygen atoms in total. The van der Waals surface area contributed by atoms with Gasteiger partial charge in [0.2, 0.25) is 5.91 Å². The van der Waals surface area contributed by atoms with Gasteiger partial charge in [-0.2, -0.15) is 0 Å². The SMILES string of the molecule is CCCCN(C)C(=O)c1ccnc(Nc2cccc(NC(C)=O)c2)c1. The average molecular weight is 340 g/mol. The van der Waals surface area contributed by atoms with Crippen LogP contribution in [0.1, 0.15) is 37.0 Å². The summed E-state index contributed by atoms with van der Waals surface area (Å²) in [5, 5.41) is 5.90. The zero-order valence-electron chi connectivity index (χ0n) is 14.9. The van der Waals surface area contributed by atoms with Gasteiger partial charge in [-0.3, -0.25) is 9.59 Å². The van der Waals surface area contributed by atoms with E-state index in [0.717, 1.165) is 25.1 Å². The van der Waals surface area contributed by atoms with Crippen LogP contribution in [0.25, 0.3) is 0 Å². The number of carbonyl (C=O) groups excluding carboxylic acids is 2. The molecule has 6 heteroatoms. The first kappa shape index (κ1) is 18.4. The van der Waals surface area contributed by atoms with Crippen LogP contribution in [0.2, 0.25) is 0 Å². The van der Waals surface area contributed by atoms with Crippen molar-refractivity contribution < 1.29 is 9.59 Å². The van der Waals surface area contributed by atoms with Gasteiger partial charge in [-0.15, -0.1) is 0 Å². The summed E-state index contributed by atoms with van der Waals surface area (Å²) in [6.07, 6.45) is 3.64. The van der Waals surface area contributed by atoms with E-state index in [1.54, 1.807) is 23.2 Å². The molecular weight excluding hydrogens is 316 g/mol. The Labute approximate surface area is 148 Å². The maximum atomic E-state index is 12.5. The van der Waals surface area contributed by atoms with Crippen molar-refractivity contribution in [3.8, 4) is 0 Å². The largest absolute Gasteiger partial charge is 0.342 e. The Kier molecular flexibility index (Phi) is 6.51. The van der Waals surface area contributed by atoms with Crippen molar-refractivity contribution in [2.75, 3.05) is 24.2 Å². The second kappa shape index (κ2) is 8.82. The van der Waals surface area contributed by atoms with Gasteiger partial charge in [0.1, 0.15) is 5.82 Å². The maximum Gasteiger partial charge on any atom is 0.253 e. The van der Waals surface area contributed by atoms with Gasteiger partial charge in [0.25, 0.3) is 5.91 Å². The fraction of sp³-hybridized carbons (Fsp3) is 0.316. The molecule has 0 radical (unpaired) electrons. The lowest BCUT2D eigenvalue weighted by atomic mass is 10.2. The minimum absolute atomic E-state index is 0.0223. The van der Waals surface area contributed by atoms with E-state index in [2.05, 4.69) is 22.5 Å². The zero-order chi connectivity index (χ0) is 18.2. The van der Waals surface area contributed by atoms with Crippen LogP contribution in [0, 0.1) is 0 Å². The Morgan fingerprint density at radius 3 is 2.64 bits per heavy atom. The lowest BCUT2D eigenvalue weighted by Gasteiger charge is -2.17. The fourth-order valence-electron chi connectivity index (χ4n) is 2.37.